The number of nitro groups is 1. The van der Waals surface area contributed by atoms with E-state index in [1.807, 2.05) is 50.4 Å². The number of aromatic nitrogens is 2. The Kier molecular flexibility index (Phi) is 4.44. The highest BCUT2D eigenvalue weighted by atomic mass is 32.2. The van der Waals surface area contributed by atoms with Gasteiger partial charge in [0, 0.05) is 15.5 Å². The summed E-state index contributed by atoms with van der Waals surface area (Å²) < 4.78 is 1.74. The third-order valence-electron chi connectivity index (χ3n) is 3.16. The lowest BCUT2D eigenvalue weighted by molar-refractivity contribution is -0.484. The summed E-state index contributed by atoms with van der Waals surface area (Å²) in [4.78, 5) is 11.8. The minimum absolute atomic E-state index is 0.166. The van der Waals surface area contributed by atoms with Crippen molar-refractivity contribution < 1.29 is 4.92 Å². The van der Waals surface area contributed by atoms with Gasteiger partial charge in [-0.1, -0.05) is 12.1 Å². The van der Waals surface area contributed by atoms with Crippen molar-refractivity contribution in [1.82, 2.24) is 9.78 Å². The van der Waals surface area contributed by atoms with E-state index in [1.165, 1.54) is 0 Å². The average Bonchev–Trinajstić information content (AvgIpc) is 2.75. The Bertz CT molecular complexity index is 607. The van der Waals surface area contributed by atoms with Crippen molar-refractivity contribution in [3.05, 3.63) is 57.4 Å². The zero-order valence-corrected chi connectivity index (χ0v) is 12.6. The van der Waals surface area contributed by atoms with Gasteiger partial charge in [0.15, 0.2) is 0 Å². The van der Waals surface area contributed by atoms with E-state index in [9.17, 15) is 10.1 Å². The van der Waals surface area contributed by atoms with Crippen LogP contribution in [-0.2, 0) is 0 Å². The summed E-state index contributed by atoms with van der Waals surface area (Å²) in [6.45, 7) is 3.65. The van der Waals surface area contributed by atoms with Crippen LogP contribution in [0.3, 0.4) is 0 Å². The Morgan fingerprint density at radius 2 is 2.00 bits per heavy atom. The fourth-order valence-corrected chi connectivity index (χ4v) is 2.66. The Labute approximate surface area is 122 Å². The maximum Gasteiger partial charge on any atom is 0.230 e. The van der Waals surface area contributed by atoms with E-state index in [-0.39, 0.29) is 17.5 Å². The Morgan fingerprint density at radius 3 is 2.45 bits per heavy atom. The second-order valence-corrected chi connectivity index (χ2v) is 5.56. The largest absolute Gasteiger partial charge is 0.264 e. The molecule has 1 heterocycles. The van der Waals surface area contributed by atoms with Crippen molar-refractivity contribution in [2.75, 3.05) is 12.8 Å². The molecule has 0 saturated heterocycles. The van der Waals surface area contributed by atoms with Crippen LogP contribution >= 0.6 is 11.8 Å². The van der Waals surface area contributed by atoms with Gasteiger partial charge in [0.2, 0.25) is 6.54 Å². The Balaban J connectivity index is 2.40. The van der Waals surface area contributed by atoms with Crippen LogP contribution in [0, 0.1) is 24.0 Å². The van der Waals surface area contributed by atoms with Gasteiger partial charge in [-0.15, -0.1) is 11.8 Å². The fourth-order valence-electron chi connectivity index (χ4n) is 2.25. The number of hydrogen-bond donors (Lipinski definition) is 0. The maximum absolute atomic E-state index is 11.0. The first-order valence-corrected chi connectivity index (χ1v) is 7.52. The van der Waals surface area contributed by atoms with Crippen LogP contribution in [0.25, 0.3) is 0 Å². The number of benzene rings is 1. The second-order valence-electron chi connectivity index (χ2n) is 4.68. The van der Waals surface area contributed by atoms with E-state index in [1.54, 1.807) is 16.4 Å². The van der Waals surface area contributed by atoms with E-state index in [0.29, 0.717) is 0 Å². The van der Waals surface area contributed by atoms with Gasteiger partial charge in [0.05, 0.1) is 5.69 Å². The third-order valence-corrected chi connectivity index (χ3v) is 3.91. The third kappa shape index (κ3) is 3.19. The van der Waals surface area contributed by atoms with Gasteiger partial charge in [0.25, 0.3) is 0 Å². The summed E-state index contributed by atoms with van der Waals surface area (Å²) in [5, 5.41) is 15.3. The first-order valence-electron chi connectivity index (χ1n) is 6.29. The molecule has 0 amide bonds. The molecule has 2 rings (SSSR count). The van der Waals surface area contributed by atoms with Gasteiger partial charge in [-0.25, -0.2) is 0 Å². The molecular formula is C14H17N3O2S. The predicted octanol–water partition coefficient (Wildman–Crippen LogP) is 3.09. The van der Waals surface area contributed by atoms with Crippen LogP contribution in [0.4, 0.5) is 0 Å². The number of nitrogens with zero attached hydrogens (tertiary/aromatic N) is 3. The summed E-state index contributed by atoms with van der Waals surface area (Å²) in [5.41, 5.74) is 2.71. The zero-order chi connectivity index (χ0) is 14.7. The molecule has 0 aliphatic carbocycles. The van der Waals surface area contributed by atoms with Crippen LogP contribution in [0.1, 0.15) is 23.0 Å². The van der Waals surface area contributed by atoms with Crippen molar-refractivity contribution in [2.45, 2.75) is 24.8 Å². The van der Waals surface area contributed by atoms with Gasteiger partial charge < -0.3 is 0 Å². The SMILES string of the molecule is CSc1ccc([C@H](C[N+](=O)[O-])n2nc(C)cc2C)cc1. The minimum atomic E-state index is -0.366. The molecule has 0 saturated carbocycles. The first-order chi connectivity index (χ1) is 9.51. The Hall–Kier alpha value is -1.82. The molecule has 106 valence electrons. The molecule has 6 heteroatoms. The highest BCUT2D eigenvalue weighted by molar-refractivity contribution is 7.98. The molecule has 1 atom stereocenters. The maximum atomic E-state index is 11.0. The normalized spacial score (nSPS) is 12.3. The fraction of sp³-hybridized carbons (Fsp3) is 0.357. The summed E-state index contributed by atoms with van der Waals surface area (Å²) in [5.74, 6) is 0. The van der Waals surface area contributed by atoms with E-state index >= 15 is 0 Å². The summed E-state index contributed by atoms with van der Waals surface area (Å²) in [7, 11) is 0. The molecule has 0 unspecified atom stereocenters. The standard InChI is InChI=1S/C14H17N3O2S/c1-10-8-11(2)17(15-10)14(9-16(18)19)12-4-6-13(20-3)7-5-12/h4-8,14H,9H2,1-3H3/t14-/m0/s1. The minimum Gasteiger partial charge on any atom is -0.264 e. The van der Waals surface area contributed by atoms with Gasteiger partial charge in [-0.3, -0.25) is 14.8 Å². The van der Waals surface area contributed by atoms with Crippen molar-refractivity contribution in [1.29, 1.82) is 0 Å². The van der Waals surface area contributed by atoms with Crippen molar-refractivity contribution >= 4 is 11.8 Å². The van der Waals surface area contributed by atoms with Crippen LogP contribution < -0.4 is 0 Å². The van der Waals surface area contributed by atoms with Gasteiger partial charge >= 0.3 is 0 Å². The number of rotatable bonds is 5. The lowest BCUT2D eigenvalue weighted by Crippen LogP contribution is -2.22. The van der Waals surface area contributed by atoms with E-state index in [0.717, 1.165) is 21.8 Å². The molecular weight excluding hydrogens is 274 g/mol. The number of hydrogen-bond acceptors (Lipinski definition) is 4. The molecule has 5 nitrogen and oxygen atoms in total. The van der Waals surface area contributed by atoms with Crippen molar-refractivity contribution in [3.63, 3.8) is 0 Å². The van der Waals surface area contributed by atoms with Crippen molar-refractivity contribution in [2.24, 2.45) is 0 Å². The molecule has 0 fully saturated rings. The van der Waals surface area contributed by atoms with Crippen LogP contribution in [0.5, 0.6) is 0 Å². The molecule has 1 aromatic carbocycles. The Morgan fingerprint density at radius 1 is 1.35 bits per heavy atom. The lowest BCUT2D eigenvalue weighted by atomic mass is 10.1. The molecule has 0 radical (unpaired) electrons. The summed E-state index contributed by atoms with van der Waals surface area (Å²) in [6, 6.07) is 9.42. The van der Waals surface area contributed by atoms with Gasteiger partial charge in [0.1, 0.15) is 6.04 Å². The van der Waals surface area contributed by atoms with Gasteiger partial charge in [-0.2, -0.15) is 5.10 Å². The smallest absolute Gasteiger partial charge is 0.230 e. The monoisotopic (exact) mass is 291 g/mol. The molecule has 1 aromatic heterocycles. The van der Waals surface area contributed by atoms with Crippen LogP contribution in [0.2, 0.25) is 0 Å². The number of thioether (sulfide) groups is 1. The zero-order valence-electron chi connectivity index (χ0n) is 11.7. The van der Waals surface area contributed by atoms with Crippen LogP contribution in [0.15, 0.2) is 35.2 Å². The van der Waals surface area contributed by atoms with Crippen molar-refractivity contribution in [3.8, 4) is 0 Å². The topological polar surface area (TPSA) is 61.0 Å². The predicted molar refractivity (Wildman–Crippen MR) is 79.9 cm³/mol. The first kappa shape index (κ1) is 14.6. The number of aryl methyl sites for hydroxylation is 2. The molecule has 0 aliphatic heterocycles. The molecule has 0 N–H and O–H groups in total. The quantitative estimate of drug-likeness (QED) is 0.482. The highest BCUT2D eigenvalue weighted by Gasteiger charge is 2.22. The summed E-state index contributed by atoms with van der Waals surface area (Å²) in [6.07, 6.45) is 2.00. The molecule has 0 bridgehead atoms. The van der Waals surface area contributed by atoms with E-state index < -0.39 is 0 Å². The highest BCUT2D eigenvalue weighted by Crippen LogP contribution is 2.23. The lowest BCUT2D eigenvalue weighted by Gasteiger charge is -2.16. The van der Waals surface area contributed by atoms with Crippen LogP contribution in [-0.4, -0.2) is 27.5 Å². The molecule has 20 heavy (non-hydrogen) atoms. The average molecular weight is 291 g/mol. The second kappa shape index (κ2) is 6.09. The molecule has 2 aromatic rings. The van der Waals surface area contributed by atoms with E-state index in [2.05, 4.69) is 5.10 Å². The van der Waals surface area contributed by atoms with Gasteiger partial charge in [-0.05, 0) is 43.9 Å². The summed E-state index contributed by atoms with van der Waals surface area (Å²) >= 11 is 1.65. The van der Waals surface area contributed by atoms with E-state index in [4.69, 9.17) is 0 Å². The molecule has 0 aliphatic rings. The molecule has 0 spiro atoms.